The molecule has 1 N–H and O–H groups in total. The molecule has 1 unspecified atom stereocenters. The van der Waals surface area contributed by atoms with Crippen LogP contribution in [0.5, 0.6) is 0 Å². The van der Waals surface area contributed by atoms with Crippen LogP contribution in [0.25, 0.3) is 0 Å². The minimum atomic E-state index is 0.0449. The zero-order valence-corrected chi connectivity index (χ0v) is 12.3. The lowest BCUT2D eigenvalue weighted by molar-refractivity contribution is 0.498. The minimum absolute atomic E-state index is 0.0449. The largest absolute Gasteiger partial charge is 0.352 e. The summed E-state index contributed by atoms with van der Waals surface area (Å²) in [6.07, 6.45) is 3.66. The van der Waals surface area contributed by atoms with Gasteiger partial charge in [0, 0.05) is 37.1 Å². The highest BCUT2D eigenvalue weighted by molar-refractivity contribution is 5.26. The van der Waals surface area contributed by atoms with E-state index in [-0.39, 0.29) is 11.5 Å². The van der Waals surface area contributed by atoms with Crippen LogP contribution in [-0.4, -0.2) is 11.6 Å². The molecule has 106 valence electrons. The van der Waals surface area contributed by atoms with Crippen LogP contribution >= 0.6 is 0 Å². The molecule has 2 aromatic rings. The summed E-state index contributed by atoms with van der Waals surface area (Å²) in [5.41, 5.74) is 2.66. The lowest BCUT2D eigenvalue weighted by atomic mass is 9.99. The second kappa shape index (κ2) is 6.53. The molecular weight excluding hydrogens is 248 g/mol. The van der Waals surface area contributed by atoms with Gasteiger partial charge in [-0.25, -0.2) is 0 Å². The quantitative estimate of drug-likeness (QED) is 0.906. The van der Waals surface area contributed by atoms with Crippen molar-refractivity contribution in [1.82, 2.24) is 9.88 Å². The predicted octanol–water partition coefficient (Wildman–Crippen LogP) is 2.93. The number of rotatable bonds is 5. The molecule has 0 bridgehead atoms. The van der Waals surface area contributed by atoms with E-state index in [1.165, 1.54) is 11.1 Å². The van der Waals surface area contributed by atoms with Gasteiger partial charge in [-0.3, -0.25) is 4.79 Å². The SMILES string of the molecule is CNC(Cn1ccc(=O)cc1)c1ccc(C(C)C)cc1. The lowest BCUT2D eigenvalue weighted by Crippen LogP contribution is -2.22. The summed E-state index contributed by atoms with van der Waals surface area (Å²) >= 11 is 0. The molecule has 2 rings (SSSR count). The highest BCUT2D eigenvalue weighted by Crippen LogP contribution is 2.19. The molecular formula is C17H22N2O. The first-order valence-corrected chi connectivity index (χ1v) is 7.03. The molecule has 0 fully saturated rings. The Labute approximate surface area is 120 Å². The van der Waals surface area contributed by atoms with Gasteiger partial charge in [-0.15, -0.1) is 0 Å². The zero-order chi connectivity index (χ0) is 14.5. The number of pyridine rings is 1. The number of hydrogen-bond donors (Lipinski definition) is 1. The van der Waals surface area contributed by atoms with Crippen LogP contribution in [0, 0.1) is 0 Å². The first kappa shape index (κ1) is 14.5. The van der Waals surface area contributed by atoms with E-state index in [2.05, 4.69) is 43.4 Å². The van der Waals surface area contributed by atoms with E-state index in [1.54, 1.807) is 12.1 Å². The van der Waals surface area contributed by atoms with Crippen LogP contribution in [0.3, 0.4) is 0 Å². The summed E-state index contributed by atoms with van der Waals surface area (Å²) in [7, 11) is 1.96. The van der Waals surface area contributed by atoms with E-state index >= 15 is 0 Å². The highest BCUT2D eigenvalue weighted by Gasteiger charge is 2.09. The Morgan fingerprint density at radius 2 is 1.55 bits per heavy atom. The molecule has 0 aliphatic rings. The van der Waals surface area contributed by atoms with E-state index < -0.39 is 0 Å². The van der Waals surface area contributed by atoms with Crippen molar-refractivity contribution < 1.29 is 0 Å². The first-order chi connectivity index (χ1) is 9.60. The topological polar surface area (TPSA) is 34.0 Å². The second-order valence-electron chi connectivity index (χ2n) is 5.39. The maximum Gasteiger partial charge on any atom is 0.181 e. The fourth-order valence-electron chi connectivity index (χ4n) is 2.25. The van der Waals surface area contributed by atoms with Gasteiger partial charge < -0.3 is 9.88 Å². The molecule has 0 radical (unpaired) electrons. The van der Waals surface area contributed by atoms with Crippen molar-refractivity contribution in [2.45, 2.75) is 32.4 Å². The molecule has 3 nitrogen and oxygen atoms in total. The average Bonchev–Trinajstić information content (AvgIpc) is 2.47. The maximum absolute atomic E-state index is 11.1. The first-order valence-electron chi connectivity index (χ1n) is 7.03. The summed E-state index contributed by atoms with van der Waals surface area (Å²) in [6, 6.07) is 12.2. The van der Waals surface area contributed by atoms with Gasteiger partial charge in [-0.2, -0.15) is 0 Å². The number of likely N-dealkylation sites (N-methyl/N-ethyl adjacent to an activating group) is 1. The molecule has 0 saturated heterocycles. The van der Waals surface area contributed by atoms with Gasteiger partial charge >= 0.3 is 0 Å². The van der Waals surface area contributed by atoms with Crippen molar-refractivity contribution in [2.75, 3.05) is 7.05 Å². The Bertz CT molecular complexity index is 579. The van der Waals surface area contributed by atoms with Crippen LogP contribution in [0.2, 0.25) is 0 Å². The normalized spacial score (nSPS) is 12.6. The second-order valence-corrected chi connectivity index (χ2v) is 5.39. The Morgan fingerprint density at radius 3 is 2.05 bits per heavy atom. The fourth-order valence-corrected chi connectivity index (χ4v) is 2.25. The third-order valence-corrected chi connectivity index (χ3v) is 3.61. The molecule has 0 amide bonds. The Hall–Kier alpha value is -1.87. The molecule has 0 aliphatic heterocycles. The van der Waals surface area contributed by atoms with Crippen molar-refractivity contribution in [1.29, 1.82) is 0 Å². The van der Waals surface area contributed by atoms with Crippen LogP contribution in [0.1, 0.15) is 36.9 Å². The van der Waals surface area contributed by atoms with Gasteiger partial charge in [0.15, 0.2) is 5.43 Å². The van der Waals surface area contributed by atoms with E-state index in [9.17, 15) is 4.79 Å². The Morgan fingerprint density at radius 1 is 1.00 bits per heavy atom. The molecule has 1 aromatic carbocycles. The molecule has 3 heteroatoms. The summed E-state index contributed by atoms with van der Waals surface area (Å²) in [4.78, 5) is 11.1. The van der Waals surface area contributed by atoms with Gasteiger partial charge in [-0.05, 0) is 24.1 Å². The van der Waals surface area contributed by atoms with E-state index in [4.69, 9.17) is 0 Å². The van der Waals surface area contributed by atoms with E-state index in [0.717, 1.165) is 6.54 Å². The maximum atomic E-state index is 11.1. The summed E-state index contributed by atoms with van der Waals surface area (Å²) < 4.78 is 2.03. The number of hydrogen-bond acceptors (Lipinski definition) is 2. The monoisotopic (exact) mass is 270 g/mol. The Balaban J connectivity index is 2.15. The summed E-state index contributed by atoms with van der Waals surface area (Å²) in [6.45, 7) is 5.20. The van der Waals surface area contributed by atoms with Crippen molar-refractivity contribution in [3.8, 4) is 0 Å². The average molecular weight is 270 g/mol. The zero-order valence-electron chi connectivity index (χ0n) is 12.3. The van der Waals surface area contributed by atoms with Gasteiger partial charge in [0.1, 0.15) is 0 Å². The van der Waals surface area contributed by atoms with Crippen molar-refractivity contribution >= 4 is 0 Å². The smallest absolute Gasteiger partial charge is 0.181 e. The molecule has 1 heterocycles. The molecule has 1 atom stereocenters. The standard InChI is InChI=1S/C17H22N2O/c1-13(2)14-4-6-15(7-5-14)17(18-3)12-19-10-8-16(20)9-11-19/h4-11,13,17-18H,12H2,1-3H3. The number of nitrogens with zero attached hydrogens (tertiary/aromatic N) is 1. The third kappa shape index (κ3) is 3.58. The lowest BCUT2D eigenvalue weighted by Gasteiger charge is -2.19. The number of aromatic nitrogens is 1. The van der Waals surface area contributed by atoms with Gasteiger partial charge in [0.2, 0.25) is 0 Å². The van der Waals surface area contributed by atoms with Crippen LogP contribution in [-0.2, 0) is 6.54 Å². The molecule has 1 aromatic heterocycles. The Kier molecular flexibility index (Phi) is 4.74. The van der Waals surface area contributed by atoms with Gasteiger partial charge in [-0.1, -0.05) is 38.1 Å². The molecule has 0 spiro atoms. The minimum Gasteiger partial charge on any atom is -0.352 e. The number of nitrogens with one attached hydrogen (secondary N) is 1. The predicted molar refractivity (Wildman–Crippen MR) is 83.0 cm³/mol. The number of benzene rings is 1. The van der Waals surface area contributed by atoms with Gasteiger partial charge in [0.05, 0.1) is 0 Å². The third-order valence-electron chi connectivity index (χ3n) is 3.61. The molecule has 0 saturated carbocycles. The van der Waals surface area contributed by atoms with Crippen molar-refractivity contribution in [3.05, 3.63) is 70.1 Å². The van der Waals surface area contributed by atoms with Gasteiger partial charge in [0.25, 0.3) is 0 Å². The van der Waals surface area contributed by atoms with Crippen molar-refractivity contribution in [2.24, 2.45) is 0 Å². The van der Waals surface area contributed by atoms with E-state index in [0.29, 0.717) is 5.92 Å². The summed E-state index contributed by atoms with van der Waals surface area (Å²) in [5.74, 6) is 0.552. The van der Waals surface area contributed by atoms with Crippen LogP contribution < -0.4 is 10.7 Å². The molecule has 0 aliphatic carbocycles. The fraction of sp³-hybridized carbons (Fsp3) is 0.353. The summed E-state index contributed by atoms with van der Waals surface area (Å²) in [5, 5.41) is 3.33. The van der Waals surface area contributed by atoms with Crippen molar-refractivity contribution in [3.63, 3.8) is 0 Å². The van der Waals surface area contributed by atoms with Crippen LogP contribution in [0.4, 0.5) is 0 Å². The van der Waals surface area contributed by atoms with E-state index in [1.807, 2.05) is 24.0 Å². The highest BCUT2D eigenvalue weighted by atomic mass is 16.1. The van der Waals surface area contributed by atoms with Crippen LogP contribution in [0.15, 0.2) is 53.6 Å². The molecule has 20 heavy (non-hydrogen) atoms.